The van der Waals surface area contributed by atoms with Gasteiger partial charge >= 0.3 is 0 Å². The van der Waals surface area contributed by atoms with E-state index in [0.29, 0.717) is 42.4 Å². The van der Waals surface area contributed by atoms with E-state index in [0.717, 1.165) is 74.0 Å². The fourth-order valence-electron chi connectivity index (χ4n) is 5.52. The van der Waals surface area contributed by atoms with E-state index in [1.54, 1.807) is 11.3 Å². The highest BCUT2D eigenvalue weighted by Crippen LogP contribution is 2.35. The lowest BCUT2D eigenvalue weighted by Gasteiger charge is -2.35. The van der Waals surface area contributed by atoms with Crippen molar-refractivity contribution in [2.75, 3.05) is 63.2 Å². The molecular weight excluding hydrogens is 498 g/mol. The third-order valence-corrected chi connectivity index (χ3v) is 8.75. The summed E-state index contributed by atoms with van der Waals surface area (Å²) in [5.74, 6) is 1.54. The van der Waals surface area contributed by atoms with Gasteiger partial charge in [-0.2, -0.15) is 0 Å². The minimum Gasteiger partial charge on any atom is -0.398 e. The van der Waals surface area contributed by atoms with Gasteiger partial charge in [-0.15, -0.1) is 11.3 Å². The number of hydrogen-bond donors (Lipinski definition) is 3. The number of aromatic nitrogens is 2. The molecule has 2 saturated heterocycles. The molecule has 2 unspecified atom stereocenters. The molecule has 1 aliphatic carbocycles. The van der Waals surface area contributed by atoms with Crippen molar-refractivity contribution < 1.29 is 9.47 Å². The zero-order valence-electron chi connectivity index (χ0n) is 21.6. The average molecular weight is 534 g/mol. The van der Waals surface area contributed by atoms with Crippen LogP contribution >= 0.6 is 11.3 Å². The minimum atomic E-state index is 0.375. The highest BCUT2D eigenvalue weighted by atomic mass is 32.1. The van der Waals surface area contributed by atoms with E-state index in [1.807, 2.05) is 18.2 Å². The second-order valence-electron chi connectivity index (χ2n) is 10.0. The summed E-state index contributed by atoms with van der Waals surface area (Å²) in [6.07, 6.45) is 8.31. The van der Waals surface area contributed by atoms with Crippen LogP contribution in [0.15, 0.2) is 36.4 Å². The molecule has 6 rings (SSSR count). The number of nitrogens with two attached hydrogens (primary N) is 1. The maximum atomic E-state index is 7.91. The number of morpholine rings is 2. The van der Waals surface area contributed by atoms with E-state index < -0.39 is 0 Å². The average Bonchev–Trinajstić information content (AvgIpc) is 3.40. The number of rotatable bonds is 7. The molecule has 0 saturated carbocycles. The van der Waals surface area contributed by atoms with Gasteiger partial charge in [0, 0.05) is 72.7 Å². The number of nitrogens with one attached hydrogen (secondary N) is 2. The lowest BCUT2D eigenvalue weighted by atomic mass is 9.97. The first kappa shape index (κ1) is 25.4. The van der Waals surface area contributed by atoms with Gasteiger partial charge in [-0.05, 0) is 25.0 Å². The maximum absolute atomic E-state index is 7.91. The molecule has 0 spiro atoms. The molecule has 4 heterocycles. The summed E-state index contributed by atoms with van der Waals surface area (Å²) in [6.45, 7) is 7.49. The fraction of sp³-hybridized carbons (Fsp3) is 0.464. The third kappa shape index (κ3) is 5.32. The summed E-state index contributed by atoms with van der Waals surface area (Å²) in [4.78, 5) is 16.0. The molecule has 4 N–H and O–H groups in total. The van der Waals surface area contributed by atoms with E-state index in [9.17, 15) is 0 Å². The summed E-state index contributed by atoms with van der Waals surface area (Å²) < 4.78 is 12.2. The lowest BCUT2D eigenvalue weighted by molar-refractivity contribution is 0.0226. The first-order chi connectivity index (χ1) is 18.7. The Morgan fingerprint density at radius 3 is 2.58 bits per heavy atom. The number of nitrogens with zero attached hydrogens (tertiary/aromatic N) is 4. The van der Waals surface area contributed by atoms with Gasteiger partial charge in [0.05, 0.1) is 36.6 Å². The number of benzene rings is 1. The molecule has 9 nitrogen and oxygen atoms in total. The molecule has 2 atom stereocenters. The van der Waals surface area contributed by atoms with Crippen molar-refractivity contribution in [3.63, 3.8) is 0 Å². The van der Waals surface area contributed by atoms with Crippen LogP contribution in [0.1, 0.15) is 23.3 Å². The van der Waals surface area contributed by atoms with Crippen molar-refractivity contribution in [3.8, 4) is 11.4 Å². The molecule has 0 amide bonds. The van der Waals surface area contributed by atoms with Crippen LogP contribution in [0.4, 0.5) is 11.5 Å². The Kier molecular flexibility index (Phi) is 7.66. The van der Waals surface area contributed by atoms with Crippen LogP contribution in [0.25, 0.3) is 21.6 Å². The number of fused-ring (bicyclic) bond motifs is 1. The van der Waals surface area contributed by atoms with E-state index in [4.69, 9.17) is 30.6 Å². The Bertz CT molecular complexity index is 1310. The Labute approximate surface area is 227 Å². The highest BCUT2D eigenvalue weighted by molar-refractivity contribution is 7.19. The molecule has 200 valence electrons. The Morgan fingerprint density at radius 2 is 1.84 bits per heavy atom. The summed E-state index contributed by atoms with van der Waals surface area (Å²) >= 11 is 1.76. The zero-order chi connectivity index (χ0) is 25.9. The van der Waals surface area contributed by atoms with Crippen LogP contribution in [0.2, 0.25) is 0 Å². The Balaban J connectivity index is 1.25. The van der Waals surface area contributed by atoms with Crippen molar-refractivity contribution in [1.29, 1.82) is 5.41 Å². The number of nitrogen functional groups attached to an aromatic ring is 1. The predicted octanol–water partition coefficient (Wildman–Crippen LogP) is 3.28. The molecule has 0 bridgehead atoms. The Morgan fingerprint density at radius 1 is 1.05 bits per heavy atom. The molecule has 0 radical (unpaired) electrons. The first-order valence-corrected chi connectivity index (χ1v) is 14.3. The number of anilines is 2. The SMILES string of the molecule is N=Cc1c(N)cccc1-c1nc(N2CCOCC2)c2sc(CNC3C=CC(N4CCOCC4)CC3)cc2n1. The summed E-state index contributed by atoms with van der Waals surface area (Å²) in [6, 6.07) is 8.73. The number of thiophene rings is 1. The van der Waals surface area contributed by atoms with Crippen LogP contribution in [0.3, 0.4) is 0 Å². The van der Waals surface area contributed by atoms with Gasteiger partial charge < -0.3 is 30.8 Å². The van der Waals surface area contributed by atoms with Gasteiger partial charge in [0.15, 0.2) is 11.6 Å². The van der Waals surface area contributed by atoms with Crippen molar-refractivity contribution in [2.24, 2.45) is 0 Å². The van der Waals surface area contributed by atoms with Crippen LogP contribution in [0.5, 0.6) is 0 Å². The minimum absolute atomic E-state index is 0.375. The summed E-state index contributed by atoms with van der Waals surface area (Å²) in [5, 5.41) is 11.7. The van der Waals surface area contributed by atoms with Gasteiger partial charge in [-0.1, -0.05) is 24.3 Å². The Hall–Kier alpha value is -2.89. The molecule has 1 aromatic carbocycles. The lowest BCUT2D eigenvalue weighted by Crippen LogP contribution is -2.44. The standard InChI is InChI=1S/C28H35N7O2S/c29-17-23-22(2-1-3-24(23)30)27-32-25-16-21(38-26(25)28(33-27)35-10-14-37-15-11-35)18-31-19-4-6-20(7-5-19)34-8-12-36-13-9-34/h1-4,6,16-17,19-20,29,31H,5,7-15,18,30H2. The van der Waals surface area contributed by atoms with Crippen LogP contribution in [0, 0.1) is 5.41 Å². The van der Waals surface area contributed by atoms with Crippen LogP contribution in [-0.2, 0) is 16.0 Å². The van der Waals surface area contributed by atoms with Crippen molar-refractivity contribution >= 4 is 39.3 Å². The second-order valence-corrected chi connectivity index (χ2v) is 11.2. The van der Waals surface area contributed by atoms with E-state index in [1.165, 1.54) is 17.5 Å². The normalized spacial score (nSPS) is 22.7. The number of hydrogen-bond acceptors (Lipinski definition) is 10. The van der Waals surface area contributed by atoms with E-state index >= 15 is 0 Å². The fourth-order valence-corrected chi connectivity index (χ4v) is 6.58. The molecule has 2 aliphatic heterocycles. The molecule has 38 heavy (non-hydrogen) atoms. The van der Waals surface area contributed by atoms with Gasteiger partial charge in [0.25, 0.3) is 0 Å². The van der Waals surface area contributed by atoms with Crippen molar-refractivity contribution in [2.45, 2.75) is 31.5 Å². The quantitative estimate of drug-likeness (QED) is 0.241. The van der Waals surface area contributed by atoms with Gasteiger partial charge in [0.2, 0.25) is 0 Å². The van der Waals surface area contributed by atoms with Gasteiger partial charge in [-0.3, -0.25) is 4.90 Å². The monoisotopic (exact) mass is 533 g/mol. The zero-order valence-corrected chi connectivity index (χ0v) is 22.4. The van der Waals surface area contributed by atoms with Crippen LogP contribution < -0.4 is 16.0 Å². The second kappa shape index (κ2) is 11.5. The van der Waals surface area contributed by atoms with Crippen molar-refractivity contribution in [3.05, 3.63) is 46.9 Å². The summed E-state index contributed by atoms with van der Waals surface area (Å²) in [5.41, 5.74) is 9.10. The summed E-state index contributed by atoms with van der Waals surface area (Å²) in [7, 11) is 0. The molecule has 2 fully saturated rings. The van der Waals surface area contributed by atoms with E-state index in [-0.39, 0.29) is 0 Å². The molecule has 3 aromatic rings. The third-order valence-electron chi connectivity index (χ3n) is 7.63. The van der Waals surface area contributed by atoms with Gasteiger partial charge in [-0.25, -0.2) is 9.97 Å². The van der Waals surface area contributed by atoms with Crippen LogP contribution in [-0.4, -0.2) is 85.8 Å². The smallest absolute Gasteiger partial charge is 0.162 e. The topological polar surface area (TPSA) is 113 Å². The molecule has 3 aliphatic rings. The molecule has 2 aromatic heterocycles. The first-order valence-electron chi connectivity index (χ1n) is 13.5. The van der Waals surface area contributed by atoms with E-state index in [2.05, 4.69) is 33.3 Å². The maximum Gasteiger partial charge on any atom is 0.162 e. The predicted molar refractivity (Wildman–Crippen MR) is 153 cm³/mol. The molecule has 10 heteroatoms. The van der Waals surface area contributed by atoms with Crippen molar-refractivity contribution in [1.82, 2.24) is 20.2 Å². The molecular formula is C28H35N7O2S. The largest absolute Gasteiger partial charge is 0.398 e. The van der Waals surface area contributed by atoms with Gasteiger partial charge in [0.1, 0.15) is 0 Å². The highest BCUT2D eigenvalue weighted by Gasteiger charge is 2.24. The number of ether oxygens (including phenoxy) is 2.